The average Bonchev–Trinajstić information content (AvgIpc) is 2.84. The molecule has 2 aliphatic rings. The number of likely N-dealkylation sites (tertiary alicyclic amines) is 1. The highest BCUT2D eigenvalue weighted by atomic mass is 16.5. The summed E-state index contributed by atoms with van der Waals surface area (Å²) < 4.78 is 5.56. The largest absolute Gasteiger partial charge is 0.390 e. The number of quaternary nitrogens is 1. The van der Waals surface area contributed by atoms with Crippen molar-refractivity contribution in [3.05, 3.63) is 30.2 Å². The molecular formula is C24H33N8O2+. The van der Waals surface area contributed by atoms with E-state index in [1.807, 2.05) is 19.9 Å². The van der Waals surface area contributed by atoms with Crippen molar-refractivity contribution in [2.45, 2.75) is 38.8 Å². The Balaban J connectivity index is 1.44. The van der Waals surface area contributed by atoms with Gasteiger partial charge in [-0.05, 0) is 31.9 Å². The van der Waals surface area contributed by atoms with E-state index in [1.165, 1.54) is 4.90 Å². The average molecular weight is 466 g/mol. The molecule has 0 amide bonds. The fourth-order valence-corrected chi connectivity index (χ4v) is 4.88. The van der Waals surface area contributed by atoms with Crippen LogP contribution in [0.3, 0.4) is 0 Å². The molecule has 10 nitrogen and oxygen atoms in total. The normalized spacial score (nSPS) is 21.7. The van der Waals surface area contributed by atoms with Gasteiger partial charge in [0.2, 0.25) is 5.95 Å². The van der Waals surface area contributed by atoms with Crippen LogP contribution in [0.2, 0.25) is 0 Å². The Morgan fingerprint density at radius 2 is 1.79 bits per heavy atom. The van der Waals surface area contributed by atoms with Crippen LogP contribution in [-0.4, -0.2) is 75.0 Å². The second-order valence-electron chi connectivity index (χ2n) is 9.83. The number of morpholine rings is 1. The number of nitrogens with zero attached hydrogens (tertiary/aromatic N) is 6. The summed E-state index contributed by atoms with van der Waals surface area (Å²) in [7, 11) is 0. The molecule has 4 N–H and O–H groups in total. The minimum absolute atomic E-state index is 0.221. The van der Waals surface area contributed by atoms with E-state index >= 15 is 0 Å². The minimum atomic E-state index is -0.607. The summed E-state index contributed by atoms with van der Waals surface area (Å²) in [5, 5.41) is 10.3. The monoisotopic (exact) mass is 465 g/mol. The van der Waals surface area contributed by atoms with E-state index in [9.17, 15) is 5.11 Å². The summed E-state index contributed by atoms with van der Waals surface area (Å²) in [4.78, 5) is 26.6. The van der Waals surface area contributed by atoms with Gasteiger partial charge in [0.15, 0.2) is 11.6 Å². The number of nitrogens with one attached hydrogen (secondary N) is 1. The zero-order valence-electron chi connectivity index (χ0n) is 19.9. The molecule has 2 aliphatic heterocycles. The number of rotatable bonds is 5. The molecular weight excluding hydrogens is 432 g/mol. The van der Waals surface area contributed by atoms with Crippen molar-refractivity contribution in [1.29, 1.82) is 0 Å². The van der Waals surface area contributed by atoms with E-state index < -0.39 is 5.60 Å². The molecule has 0 aliphatic carbocycles. The third-order valence-corrected chi connectivity index (χ3v) is 6.95. The van der Waals surface area contributed by atoms with Crippen LogP contribution in [0, 0.1) is 5.92 Å². The highest BCUT2D eigenvalue weighted by Gasteiger charge is 2.32. The van der Waals surface area contributed by atoms with Crippen LogP contribution in [0.5, 0.6) is 0 Å². The molecule has 0 unspecified atom stereocenters. The van der Waals surface area contributed by atoms with Crippen molar-refractivity contribution in [2.24, 2.45) is 5.92 Å². The Bertz CT molecular complexity index is 1130. The van der Waals surface area contributed by atoms with E-state index in [4.69, 9.17) is 25.4 Å². The number of hydrogen-bond acceptors (Lipinski definition) is 9. The number of nitrogens with two attached hydrogens (primary N) is 1. The van der Waals surface area contributed by atoms with Gasteiger partial charge < -0.3 is 25.4 Å². The smallest absolute Gasteiger partial charge is 0.219 e. The first-order chi connectivity index (χ1) is 16.4. The van der Waals surface area contributed by atoms with Crippen LogP contribution in [-0.2, 0) is 11.3 Å². The minimum Gasteiger partial charge on any atom is -0.390 e. The maximum absolute atomic E-state index is 10.3. The van der Waals surface area contributed by atoms with Crippen LogP contribution in [0.15, 0.2) is 24.5 Å². The Hall–Kier alpha value is -2.95. The molecule has 0 radical (unpaired) electrons. The quantitative estimate of drug-likeness (QED) is 0.492. The molecule has 0 spiro atoms. The van der Waals surface area contributed by atoms with E-state index in [-0.39, 0.29) is 5.95 Å². The van der Waals surface area contributed by atoms with Gasteiger partial charge >= 0.3 is 0 Å². The Kier molecular flexibility index (Phi) is 6.28. The van der Waals surface area contributed by atoms with Crippen LogP contribution >= 0.6 is 0 Å². The molecule has 0 aromatic carbocycles. The molecule has 0 saturated carbocycles. The van der Waals surface area contributed by atoms with Crippen molar-refractivity contribution in [1.82, 2.24) is 24.9 Å². The zero-order chi connectivity index (χ0) is 23.7. The molecule has 3 aromatic rings. The number of fused-ring (bicyclic) bond motifs is 1. The molecule has 2 fully saturated rings. The molecule has 5 rings (SSSR count). The number of pyridine rings is 1. The first-order valence-electron chi connectivity index (χ1n) is 12.0. The molecule has 34 heavy (non-hydrogen) atoms. The maximum Gasteiger partial charge on any atom is 0.219 e. The lowest BCUT2D eigenvalue weighted by Crippen LogP contribution is -3.12. The Morgan fingerprint density at radius 3 is 2.47 bits per heavy atom. The number of aromatic nitrogens is 5. The lowest BCUT2D eigenvalue weighted by Gasteiger charge is -2.35. The van der Waals surface area contributed by atoms with Crippen molar-refractivity contribution in [2.75, 3.05) is 50.0 Å². The van der Waals surface area contributed by atoms with E-state index in [1.54, 1.807) is 12.4 Å². The van der Waals surface area contributed by atoms with Gasteiger partial charge in [-0.2, -0.15) is 0 Å². The van der Waals surface area contributed by atoms with Gasteiger partial charge in [-0.1, -0.05) is 0 Å². The summed E-state index contributed by atoms with van der Waals surface area (Å²) >= 11 is 0. The molecule has 5 heterocycles. The number of hydrogen-bond donors (Lipinski definition) is 3. The number of aliphatic hydroxyl groups is 1. The topological polar surface area (TPSA) is 128 Å². The van der Waals surface area contributed by atoms with Crippen LogP contribution < -0.4 is 15.5 Å². The Labute approximate surface area is 199 Å². The second kappa shape index (κ2) is 9.36. The molecule has 10 heteroatoms. The van der Waals surface area contributed by atoms with Crippen LogP contribution in [0.4, 0.5) is 11.8 Å². The third-order valence-electron chi connectivity index (χ3n) is 6.95. The number of piperidine rings is 1. The number of ether oxygens (including phenoxy) is 1. The molecule has 3 aromatic heterocycles. The highest BCUT2D eigenvalue weighted by molar-refractivity contribution is 5.87. The lowest BCUT2D eigenvalue weighted by molar-refractivity contribution is -0.920. The van der Waals surface area contributed by atoms with Gasteiger partial charge in [-0.15, -0.1) is 0 Å². The summed E-state index contributed by atoms with van der Waals surface area (Å²) in [5.41, 5.74) is 8.40. The van der Waals surface area contributed by atoms with Gasteiger partial charge in [0.25, 0.3) is 0 Å². The van der Waals surface area contributed by atoms with Gasteiger partial charge in [0.1, 0.15) is 12.1 Å². The summed E-state index contributed by atoms with van der Waals surface area (Å²) in [5.74, 6) is 1.96. The number of nitrogen functional groups attached to an aromatic ring is 1. The SMILES string of the molecule is CC(C)(O)C1CC[NH+](Cc2ccc3nc(-c4cnc(N)nc4)nc(N4CCOCC4)c3n2)CC1. The third kappa shape index (κ3) is 4.94. The van der Waals surface area contributed by atoms with Gasteiger partial charge in [0, 0.05) is 38.3 Å². The first-order valence-corrected chi connectivity index (χ1v) is 12.0. The van der Waals surface area contributed by atoms with Crippen LogP contribution in [0.1, 0.15) is 32.4 Å². The van der Waals surface area contributed by atoms with Crippen molar-refractivity contribution < 1.29 is 14.7 Å². The van der Waals surface area contributed by atoms with E-state index in [0.29, 0.717) is 30.5 Å². The van der Waals surface area contributed by atoms with Crippen molar-refractivity contribution >= 4 is 22.8 Å². The second-order valence-corrected chi connectivity index (χ2v) is 9.83. The van der Waals surface area contributed by atoms with E-state index in [2.05, 4.69) is 20.9 Å². The van der Waals surface area contributed by atoms with Gasteiger partial charge in [0.05, 0.1) is 48.7 Å². The van der Waals surface area contributed by atoms with Crippen molar-refractivity contribution in [3.63, 3.8) is 0 Å². The fourth-order valence-electron chi connectivity index (χ4n) is 4.88. The molecule has 0 atom stereocenters. The molecule has 180 valence electrons. The highest BCUT2D eigenvalue weighted by Crippen LogP contribution is 2.27. The molecule has 2 saturated heterocycles. The summed E-state index contributed by atoms with van der Waals surface area (Å²) in [6.07, 6.45) is 5.35. The zero-order valence-corrected chi connectivity index (χ0v) is 19.9. The van der Waals surface area contributed by atoms with Crippen LogP contribution in [0.25, 0.3) is 22.4 Å². The molecule has 0 bridgehead atoms. The Morgan fingerprint density at radius 1 is 1.09 bits per heavy atom. The predicted molar refractivity (Wildman–Crippen MR) is 129 cm³/mol. The maximum atomic E-state index is 10.3. The van der Waals surface area contributed by atoms with Gasteiger partial charge in [-0.25, -0.2) is 24.9 Å². The van der Waals surface area contributed by atoms with E-state index in [0.717, 1.165) is 68.1 Å². The summed E-state index contributed by atoms with van der Waals surface area (Å²) in [6.45, 7) is 9.60. The lowest BCUT2D eigenvalue weighted by atomic mass is 9.83. The summed E-state index contributed by atoms with van der Waals surface area (Å²) in [6, 6.07) is 4.10. The van der Waals surface area contributed by atoms with Crippen molar-refractivity contribution in [3.8, 4) is 11.4 Å². The number of anilines is 2. The fraction of sp³-hybridized carbons (Fsp3) is 0.542. The standard InChI is InChI=1S/C24H32N8O2/c1-24(2,33)17-5-7-31(8-6-17)15-18-3-4-19-20(28-18)22(32-9-11-34-12-10-32)30-21(29-19)16-13-26-23(25)27-14-16/h3-4,13-14,17,33H,5-12,15H2,1-2H3,(H2,25,26,27)/p+1. The predicted octanol–water partition coefficient (Wildman–Crippen LogP) is 0.466. The first kappa shape index (κ1) is 22.8. The van der Waals surface area contributed by atoms with Gasteiger partial charge in [-0.3, -0.25) is 0 Å².